The summed E-state index contributed by atoms with van der Waals surface area (Å²) < 4.78 is 6.05. The summed E-state index contributed by atoms with van der Waals surface area (Å²) >= 11 is 1.27. The Bertz CT molecular complexity index is 1150. The summed E-state index contributed by atoms with van der Waals surface area (Å²) in [7, 11) is 1.57. The molecule has 1 aliphatic heterocycles. The molecule has 0 fully saturated rings. The highest BCUT2D eigenvalue weighted by Crippen LogP contribution is 2.44. The van der Waals surface area contributed by atoms with Gasteiger partial charge in [-0.2, -0.15) is 0 Å². The van der Waals surface area contributed by atoms with Crippen LogP contribution in [0.3, 0.4) is 0 Å². The fourth-order valence-corrected chi connectivity index (χ4v) is 4.39. The van der Waals surface area contributed by atoms with Crippen molar-refractivity contribution in [1.82, 2.24) is 4.98 Å². The normalized spacial score (nSPS) is 16.7. The number of thiazole rings is 1. The molecule has 0 aliphatic carbocycles. The molecule has 8 heteroatoms. The van der Waals surface area contributed by atoms with E-state index in [9.17, 15) is 19.8 Å². The average Bonchev–Trinajstić information content (AvgIpc) is 3.26. The molecule has 1 atom stereocenters. The molecule has 7 nitrogen and oxygen atoms in total. The van der Waals surface area contributed by atoms with Gasteiger partial charge in [-0.3, -0.25) is 14.5 Å². The van der Waals surface area contributed by atoms with E-state index in [1.54, 1.807) is 38.3 Å². The fourth-order valence-electron chi connectivity index (χ4n) is 3.37. The van der Waals surface area contributed by atoms with Crippen LogP contribution in [0.25, 0.3) is 10.2 Å². The van der Waals surface area contributed by atoms with E-state index >= 15 is 0 Å². The molecule has 29 heavy (non-hydrogen) atoms. The monoisotopic (exact) mass is 410 g/mol. The van der Waals surface area contributed by atoms with Gasteiger partial charge in [0.15, 0.2) is 16.7 Å². The molecule has 3 aromatic rings. The zero-order chi connectivity index (χ0) is 20.7. The number of Topliss-reactive ketones (excluding diaryl/α,β-unsaturated/α-hetero) is 1. The Kier molecular flexibility index (Phi) is 4.71. The molecule has 1 amide bonds. The highest BCUT2D eigenvalue weighted by molar-refractivity contribution is 7.22. The van der Waals surface area contributed by atoms with Crippen LogP contribution in [0.4, 0.5) is 5.13 Å². The second kappa shape index (κ2) is 7.21. The van der Waals surface area contributed by atoms with Gasteiger partial charge in [0.2, 0.25) is 0 Å². The van der Waals surface area contributed by atoms with Crippen LogP contribution in [0.15, 0.2) is 53.8 Å². The van der Waals surface area contributed by atoms with Gasteiger partial charge >= 0.3 is 0 Å². The molecule has 2 N–H and O–H groups in total. The Balaban J connectivity index is 1.87. The third kappa shape index (κ3) is 3.11. The molecule has 1 aromatic heterocycles. The molecular formula is C21H18N2O5S. The third-order valence-electron chi connectivity index (χ3n) is 4.83. The Labute approximate surface area is 170 Å². The Hall–Kier alpha value is -3.39. The number of phenolic OH excluding ortho intramolecular Hbond substituents is 1. The number of aromatic hydroxyl groups is 1. The van der Waals surface area contributed by atoms with Gasteiger partial charge in [-0.15, -0.1) is 0 Å². The number of ether oxygens (including phenoxy) is 1. The first-order chi connectivity index (χ1) is 13.9. The number of aliphatic hydroxyl groups excluding tert-OH is 1. The van der Waals surface area contributed by atoms with Gasteiger partial charge in [0, 0.05) is 6.42 Å². The predicted octanol–water partition coefficient (Wildman–Crippen LogP) is 3.89. The number of anilines is 1. The first-order valence-electron chi connectivity index (χ1n) is 8.98. The summed E-state index contributed by atoms with van der Waals surface area (Å²) in [6.45, 7) is 1.67. The van der Waals surface area contributed by atoms with E-state index in [2.05, 4.69) is 4.98 Å². The largest absolute Gasteiger partial charge is 0.508 e. The fraction of sp³-hybridized carbons (Fsp3) is 0.190. The lowest BCUT2D eigenvalue weighted by molar-refractivity contribution is -0.118. The van der Waals surface area contributed by atoms with Crippen molar-refractivity contribution < 1.29 is 24.5 Å². The van der Waals surface area contributed by atoms with E-state index in [1.807, 2.05) is 6.07 Å². The topological polar surface area (TPSA) is 100.0 Å². The van der Waals surface area contributed by atoms with Crippen LogP contribution in [-0.4, -0.2) is 34.0 Å². The van der Waals surface area contributed by atoms with Crippen LogP contribution in [0.1, 0.15) is 24.9 Å². The van der Waals surface area contributed by atoms with Crippen molar-refractivity contribution in [2.24, 2.45) is 0 Å². The molecule has 0 bridgehead atoms. The van der Waals surface area contributed by atoms with Crippen molar-refractivity contribution in [2.75, 3.05) is 12.0 Å². The molecule has 148 valence electrons. The summed E-state index contributed by atoms with van der Waals surface area (Å²) in [4.78, 5) is 31.4. The molecule has 0 saturated heterocycles. The van der Waals surface area contributed by atoms with Crippen molar-refractivity contribution >= 4 is 38.4 Å². The number of ketones is 1. The minimum absolute atomic E-state index is 0.0417. The molecule has 1 aliphatic rings. The number of carbonyl (C=O) groups excluding carboxylic acids is 2. The number of phenols is 1. The standard InChI is InChI=1S/C21H18N2O5S/c1-3-15(25)17-18(11-4-6-12(24)7-5-11)23(20(27)19(17)26)21-22-14-9-8-13(28-2)10-16(14)29-21/h4-10,18,24,26H,3H2,1-2H3. The Morgan fingerprint density at radius 1 is 1.21 bits per heavy atom. The van der Waals surface area contributed by atoms with Gasteiger partial charge in [0.25, 0.3) is 5.91 Å². The third-order valence-corrected chi connectivity index (χ3v) is 5.85. The zero-order valence-electron chi connectivity index (χ0n) is 15.7. The lowest BCUT2D eigenvalue weighted by atomic mass is 9.95. The number of fused-ring (bicyclic) bond motifs is 1. The summed E-state index contributed by atoms with van der Waals surface area (Å²) in [6, 6.07) is 10.8. The maximum atomic E-state index is 12.9. The van der Waals surface area contributed by atoms with Crippen LogP contribution in [-0.2, 0) is 9.59 Å². The number of methoxy groups -OCH3 is 1. The molecule has 2 heterocycles. The lowest BCUT2D eigenvalue weighted by Crippen LogP contribution is -2.30. The Morgan fingerprint density at radius 2 is 1.93 bits per heavy atom. The maximum Gasteiger partial charge on any atom is 0.296 e. The van der Waals surface area contributed by atoms with Gasteiger partial charge in [-0.05, 0) is 35.9 Å². The summed E-state index contributed by atoms with van der Waals surface area (Å²) in [6.07, 6.45) is 0.145. The van der Waals surface area contributed by atoms with Crippen LogP contribution in [0.2, 0.25) is 0 Å². The number of rotatable bonds is 5. The van der Waals surface area contributed by atoms with Crippen LogP contribution < -0.4 is 9.64 Å². The smallest absolute Gasteiger partial charge is 0.296 e. The number of aliphatic hydroxyl groups is 1. The van der Waals surface area contributed by atoms with E-state index in [4.69, 9.17) is 4.74 Å². The SMILES string of the molecule is CCC(=O)C1=C(O)C(=O)N(c2nc3ccc(OC)cc3s2)C1c1ccc(O)cc1. The van der Waals surface area contributed by atoms with Crippen molar-refractivity contribution in [2.45, 2.75) is 19.4 Å². The van der Waals surface area contributed by atoms with E-state index in [-0.39, 0.29) is 23.5 Å². The van der Waals surface area contributed by atoms with Crippen molar-refractivity contribution in [3.05, 3.63) is 59.4 Å². The number of aromatic nitrogens is 1. The molecule has 4 rings (SSSR count). The van der Waals surface area contributed by atoms with Crippen molar-refractivity contribution in [1.29, 1.82) is 0 Å². The minimum Gasteiger partial charge on any atom is -0.508 e. The number of nitrogens with zero attached hydrogens (tertiary/aromatic N) is 2. The number of hydrogen-bond acceptors (Lipinski definition) is 7. The molecule has 0 saturated carbocycles. The summed E-state index contributed by atoms with van der Waals surface area (Å²) in [5.41, 5.74) is 1.31. The van der Waals surface area contributed by atoms with Gasteiger partial charge in [0.05, 0.1) is 28.9 Å². The molecular weight excluding hydrogens is 392 g/mol. The highest BCUT2D eigenvalue weighted by Gasteiger charge is 2.45. The Morgan fingerprint density at radius 3 is 2.59 bits per heavy atom. The second-order valence-electron chi connectivity index (χ2n) is 6.54. The molecule has 1 unspecified atom stereocenters. The van der Waals surface area contributed by atoms with Gasteiger partial charge in [0.1, 0.15) is 11.5 Å². The molecule has 2 aromatic carbocycles. The van der Waals surface area contributed by atoms with Crippen LogP contribution >= 0.6 is 11.3 Å². The number of amides is 1. The summed E-state index contributed by atoms with van der Waals surface area (Å²) in [5, 5.41) is 20.5. The number of carbonyl (C=O) groups is 2. The first-order valence-corrected chi connectivity index (χ1v) is 9.79. The maximum absolute atomic E-state index is 12.9. The van der Waals surface area contributed by atoms with Crippen molar-refractivity contribution in [3.63, 3.8) is 0 Å². The molecule has 0 radical (unpaired) electrons. The minimum atomic E-state index is -0.821. The highest BCUT2D eigenvalue weighted by atomic mass is 32.1. The number of benzene rings is 2. The summed E-state index contributed by atoms with van der Waals surface area (Å²) in [5.74, 6) is -0.830. The number of hydrogen-bond donors (Lipinski definition) is 2. The molecule has 0 spiro atoms. The van der Waals surface area contributed by atoms with Crippen molar-refractivity contribution in [3.8, 4) is 11.5 Å². The lowest BCUT2D eigenvalue weighted by Gasteiger charge is -2.24. The predicted molar refractivity (Wildman–Crippen MR) is 109 cm³/mol. The van der Waals surface area contributed by atoms with Gasteiger partial charge in [-0.25, -0.2) is 4.98 Å². The van der Waals surface area contributed by atoms with E-state index in [0.717, 1.165) is 4.70 Å². The second-order valence-corrected chi connectivity index (χ2v) is 7.55. The van der Waals surface area contributed by atoms with Gasteiger partial charge < -0.3 is 14.9 Å². The average molecular weight is 410 g/mol. The van der Waals surface area contributed by atoms with Gasteiger partial charge in [-0.1, -0.05) is 30.4 Å². The van der Waals surface area contributed by atoms with Crippen LogP contribution in [0, 0.1) is 0 Å². The van der Waals surface area contributed by atoms with E-state index < -0.39 is 17.7 Å². The zero-order valence-corrected chi connectivity index (χ0v) is 16.6. The quantitative estimate of drug-likeness (QED) is 0.662. The van der Waals surface area contributed by atoms with E-state index in [1.165, 1.54) is 28.4 Å². The first kappa shape index (κ1) is 18.9. The van der Waals surface area contributed by atoms with Crippen LogP contribution in [0.5, 0.6) is 11.5 Å². The van der Waals surface area contributed by atoms with E-state index in [0.29, 0.717) is 22.0 Å².